The molecule has 0 radical (unpaired) electrons. The number of furan rings is 1. The predicted octanol–water partition coefficient (Wildman–Crippen LogP) is 3.62. The number of nitrogens with zero attached hydrogens (tertiary/aromatic N) is 1. The summed E-state index contributed by atoms with van der Waals surface area (Å²) < 4.78 is 5.89. The van der Waals surface area contributed by atoms with Crippen molar-refractivity contribution in [3.63, 3.8) is 0 Å². The molecule has 1 aliphatic rings. The van der Waals surface area contributed by atoms with Crippen LogP contribution in [0.3, 0.4) is 0 Å². The van der Waals surface area contributed by atoms with Crippen LogP contribution >= 0.6 is 24.0 Å². The molecule has 24 heavy (non-hydrogen) atoms. The van der Waals surface area contributed by atoms with Gasteiger partial charge in [0.2, 0.25) is 0 Å². The number of carbonyl (C=O) groups excluding carboxylic acids is 1. The average Bonchev–Trinajstić information content (AvgIpc) is 3.04. The number of aliphatic carboxylic acids is 1. The zero-order valence-electron chi connectivity index (χ0n) is 12.7. The minimum Gasteiger partial charge on any atom is -0.481 e. The van der Waals surface area contributed by atoms with Gasteiger partial charge in [-0.25, -0.2) is 0 Å². The highest BCUT2D eigenvalue weighted by atomic mass is 32.2. The van der Waals surface area contributed by atoms with Crippen molar-refractivity contribution in [2.24, 2.45) is 0 Å². The Kier molecular flexibility index (Phi) is 4.55. The summed E-state index contributed by atoms with van der Waals surface area (Å²) in [7, 11) is 0. The number of amides is 1. The molecule has 1 fully saturated rings. The first-order valence-electron chi connectivity index (χ1n) is 7.09. The summed E-state index contributed by atoms with van der Waals surface area (Å²) in [6, 6.07) is 10.4. The summed E-state index contributed by atoms with van der Waals surface area (Å²) in [5.41, 5.74) is 1.28. The van der Waals surface area contributed by atoms with Gasteiger partial charge in [-0.15, -0.1) is 0 Å². The maximum absolute atomic E-state index is 12.6. The van der Waals surface area contributed by atoms with E-state index in [1.807, 2.05) is 13.0 Å². The SMILES string of the molecule is Cc1ccc(/C=C2/SC(=S)N(c3ccc(CC(=O)O)cc3)C2=O)o1. The molecule has 0 spiro atoms. The summed E-state index contributed by atoms with van der Waals surface area (Å²) in [6.07, 6.45) is 1.61. The monoisotopic (exact) mass is 359 g/mol. The molecule has 1 aliphatic heterocycles. The molecule has 7 heteroatoms. The van der Waals surface area contributed by atoms with Crippen molar-refractivity contribution in [1.29, 1.82) is 0 Å². The van der Waals surface area contributed by atoms with Crippen molar-refractivity contribution in [2.45, 2.75) is 13.3 Å². The quantitative estimate of drug-likeness (QED) is 0.664. The van der Waals surface area contributed by atoms with Gasteiger partial charge in [-0.05, 0) is 36.8 Å². The Morgan fingerprint density at radius 2 is 2.00 bits per heavy atom. The summed E-state index contributed by atoms with van der Waals surface area (Å²) in [5.74, 6) is 0.255. The Morgan fingerprint density at radius 3 is 2.58 bits per heavy atom. The highest BCUT2D eigenvalue weighted by molar-refractivity contribution is 8.27. The van der Waals surface area contributed by atoms with Gasteiger partial charge >= 0.3 is 5.97 Å². The molecule has 2 aromatic rings. The van der Waals surface area contributed by atoms with Crippen LogP contribution < -0.4 is 4.90 Å². The van der Waals surface area contributed by atoms with Crippen LogP contribution in [0.4, 0.5) is 5.69 Å². The van der Waals surface area contributed by atoms with Crippen LogP contribution in [0.5, 0.6) is 0 Å². The van der Waals surface area contributed by atoms with Crippen LogP contribution in [-0.2, 0) is 16.0 Å². The third-order valence-corrected chi connectivity index (χ3v) is 4.68. The van der Waals surface area contributed by atoms with Crippen molar-refractivity contribution >= 4 is 51.9 Å². The van der Waals surface area contributed by atoms with Crippen LogP contribution in [0, 0.1) is 6.92 Å². The second kappa shape index (κ2) is 6.62. The van der Waals surface area contributed by atoms with Gasteiger partial charge in [-0.3, -0.25) is 14.5 Å². The predicted molar refractivity (Wildman–Crippen MR) is 96.9 cm³/mol. The number of benzene rings is 1. The fraction of sp³-hybridized carbons (Fsp3) is 0.118. The van der Waals surface area contributed by atoms with Gasteiger partial charge in [-0.2, -0.15) is 0 Å². The summed E-state index contributed by atoms with van der Waals surface area (Å²) in [5, 5.41) is 8.80. The Balaban J connectivity index is 1.84. The van der Waals surface area contributed by atoms with Gasteiger partial charge in [0.1, 0.15) is 11.5 Å². The molecule has 0 atom stereocenters. The lowest BCUT2D eigenvalue weighted by Gasteiger charge is -2.14. The molecule has 1 aromatic carbocycles. The Labute approximate surface area is 148 Å². The lowest BCUT2D eigenvalue weighted by molar-refractivity contribution is -0.136. The number of aryl methyl sites for hydroxylation is 1. The van der Waals surface area contributed by atoms with Gasteiger partial charge in [0, 0.05) is 6.08 Å². The first-order valence-corrected chi connectivity index (χ1v) is 8.31. The molecule has 0 aliphatic carbocycles. The van der Waals surface area contributed by atoms with E-state index in [1.165, 1.54) is 16.7 Å². The minimum atomic E-state index is -0.898. The summed E-state index contributed by atoms with van der Waals surface area (Å²) in [4.78, 5) is 25.3. The topological polar surface area (TPSA) is 70.8 Å². The van der Waals surface area contributed by atoms with Crippen molar-refractivity contribution in [3.8, 4) is 0 Å². The van der Waals surface area contributed by atoms with Crippen LogP contribution in [0.1, 0.15) is 17.1 Å². The zero-order valence-corrected chi connectivity index (χ0v) is 14.3. The number of hydrogen-bond acceptors (Lipinski definition) is 5. The molecular weight excluding hydrogens is 346 g/mol. The Morgan fingerprint density at radius 1 is 1.29 bits per heavy atom. The third kappa shape index (κ3) is 3.42. The number of anilines is 1. The van der Waals surface area contributed by atoms with E-state index in [0.717, 1.165) is 5.76 Å². The highest BCUT2D eigenvalue weighted by Gasteiger charge is 2.33. The van der Waals surface area contributed by atoms with E-state index in [2.05, 4.69) is 0 Å². The molecular formula is C17H13NO4S2. The van der Waals surface area contributed by atoms with E-state index in [4.69, 9.17) is 21.7 Å². The van der Waals surface area contributed by atoms with Gasteiger partial charge in [0.05, 0.1) is 17.0 Å². The fourth-order valence-electron chi connectivity index (χ4n) is 2.29. The normalized spacial score (nSPS) is 16.2. The number of carboxylic acids is 1. The van der Waals surface area contributed by atoms with Gasteiger partial charge < -0.3 is 9.52 Å². The number of hydrogen-bond donors (Lipinski definition) is 1. The number of carbonyl (C=O) groups is 2. The van der Waals surface area contributed by atoms with Crippen LogP contribution in [0.25, 0.3) is 6.08 Å². The van der Waals surface area contributed by atoms with E-state index < -0.39 is 5.97 Å². The Hall–Kier alpha value is -2.38. The molecule has 3 rings (SSSR count). The van der Waals surface area contributed by atoms with Crippen LogP contribution in [0.15, 0.2) is 45.7 Å². The second-order valence-corrected chi connectivity index (χ2v) is 6.88. The maximum atomic E-state index is 12.6. The number of rotatable bonds is 4. The lowest BCUT2D eigenvalue weighted by atomic mass is 10.1. The number of thiocarbonyl (C=S) groups is 1. The molecule has 0 bridgehead atoms. The standard InChI is InChI=1S/C17H13NO4S2/c1-10-2-7-13(22-10)9-14-16(21)18(17(23)24-14)12-5-3-11(4-6-12)8-15(19)20/h2-7,9H,8H2,1H3,(H,19,20)/b14-9+. The maximum Gasteiger partial charge on any atom is 0.307 e. The molecule has 0 saturated carbocycles. The summed E-state index contributed by atoms with van der Waals surface area (Å²) >= 11 is 6.51. The minimum absolute atomic E-state index is 0.0591. The van der Waals surface area contributed by atoms with Crippen LogP contribution in [-0.4, -0.2) is 21.3 Å². The molecule has 1 N–H and O–H groups in total. The third-order valence-electron chi connectivity index (χ3n) is 3.38. The smallest absolute Gasteiger partial charge is 0.307 e. The molecule has 1 amide bonds. The van der Waals surface area contributed by atoms with Crippen molar-refractivity contribution in [2.75, 3.05) is 4.90 Å². The lowest BCUT2D eigenvalue weighted by Crippen LogP contribution is -2.27. The number of thioether (sulfide) groups is 1. The summed E-state index contributed by atoms with van der Waals surface area (Å²) in [6.45, 7) is 1.83. The van der Waals surface area contributed by atoms with E-state index in [9.17, 15) is 9.59 Å². The van der Waals surface area contributed by atoms with Crippen molar-refractivity contribution in [3.05, 3.63) is 58.4 Å². The zero-order chi connectivity index (χ0) is 17.3. The number of carboxylic acid groups (broad SMARTS) is 1. The van der Waals surface area contributed by atoms with Crippen molar-refractivity contribution in [1.82, 2.24) is 0 Å². The van der Waals surface area contributed by atoms with Gasteiger partial charge in [0.15, 0.2) is 4.32 Å². The molecule has 1 saturated heterocycles. The highest BCUT2D eigenvalue weighted by Crippen LogP contribution is 2.36. The Bertz CT molecular complexity index is 852. The van der Waals surface area contributed by atoms with E-state index in [0.29, 0.717) is 26.2 Å². The van der Waals surface area contributed by atoms with E-state index >= 15 is 0 Å². The first kappa shape index (κ1) is 16.5. The molecule has 5 nitrogen and oxygen atoms in total. The second-order valence-electron chi connectivity index (χ2n) is 5.20. The largest absolute Gasteiger partial charge is 0.481 e. The first-order chi connectivity index (χ1) is 11.4. The van der Waals surface area contributed by atoms with Gasteiger partial charge in [0.25, 0.3) is 5.91 Å². The molecule has 1 aromatic heterocycles. The molecule has 122 valence electrons. The van der Waals surface area contributed by atoms with Crippen LogP contribution in [0.2, 0.25) is 0 Å². The van der Waals surface area contributed by atoms with E-state index in [1.54, 1.807) is 36.4 Å². The van der Waals surface area contributed by atoms with Gasteiger partial charge in [-0.1, -0.05) is 36.1 Å². The van der Waals surface area contributed by atoms with Crippen molar-refractivity contribution < 1.29 is 19.1 Å². The average molecular weight is 359 g/mol. The molecule has 0 unspecified atom stereocenters. The van der Waals surface area contributed by atoms with E-state index in [-0.39, 0.29) is 12.3 Å². The fourth-order valence-corrected chi connectivity index (χ4v) is 3.57. The molecule has 2 heterocycles.